The number of rotatable bonds is 3. The highest BCUT2D eigenvalue weighted by Crippen LogP contribution is 2.16. The first kappa shape index (κ1) is 12.2. The predicted octanol–water partition coefficient (Wildman–Crippen LogP) is -0.345. The molecular formula is C9H14O5S. The highest BCUT2D eigenvalue weighted by atomic mass is 32.2. The van der Waals surface area contributed by atoms with E-state index in [-0.39, 0.29) is 24.5 Å². The number of carbonyl (C=O) groups excluding carboxylic acids is 1. The van der Waals surface area contributed by atoms with Gasteiger partial charge in [-0.3, -0.25) is 0 Å². The van der Waals surface area contributed by atoms with Crippen molar-refractivity contribution in [2.45, 2.75) is 19.4 Å². The first-order valence-corrected chi connectivity index (χ1v) is 6.52. The van der Waals surface area contributed by atoms with Gasteiger partial charge in [-0.2, -0.15) is 0 Å². The number of sulfone groups is 1. The zero-order valence-corrected chi connectivity index (χ0v) is 9.29. The molecule has 5 nitrogen and oxygen atoms in total. The molecule has 0 bridgehead atoms. The predicted molar refractivity (Wildman–Crippen MR) is 54.0 cm³/mol. The number of aliphatic hydroxyl groups excluding tert-OH is 1. The van der Waals surface area contributed by atoms with Crippen molar-refractivity contribution in [2.75, 3.05) is 18.1 Å². The topological polar surface area (TPSA) is 80.7 Å². The molecule has 15 heavy (non-hydrogen) atoms. The van der Waals surface area contributed by atoms with Gasteiger partial charge in [0.2, 0.25) is 0 Å². The number of aliphatic hydroxyl groups is 1. The van der Waals surface area contributed by atoms with Gasteiger partial charge in [-0.25, -0.2) is 13.2 Å². The average Bonchev–Trinajstić information content (AvgIpc) is 2.17. The van der Waals surface area contributed by atoms with Crippen LogP contribution in [-0.2, 0) is 19.4 Å². The summed E-state index contributed by atoms with van der Waals surface area (Å²) in [5.74, 6) is -0.850. The maximum Gasteiger partial charge on any atom is 0.339 e. The molecule has 6 heteroatoms. The van der Waals surface area contributed by atoms with Crippen molar-refractivity contribution in [3.8, 4) is 0 Å². The van der Waals surface area contributed by atoms with Gasteiger partial charge in [0, 0.05) is 0 Å². The van der Waals surface area contributed by atoms with Crippen LogP contribution in [0.25, 0.3) is 0 Å². The molecule has 0 aromatic rings. The third kappa shape index (κ3) is 3.32. The van der Waals surface area contributed by atoms with Crippen LogP contribution in [-0.4, -0.2) is 43.7 Å². The van der Waals surface area contributed by atoms with E-state index in [0.29, 0.717) is 5.57 Å². The van der Waals surface area contributed by atoms with Crippen LogP contribution in [0.15, 0.2) is 11.6 Å². The minimum atomic E-state index is -3.03. The van der Waals surface area contributed by atoms with Gasteiger partial charge in [0.05, 0.1) is 18.1 Å². The van der Waals surface area contributed by atoms with Crippen molar-refractivity contribution in [3.05, 3.63) is 11.6 Å². The van der Waals surface area contributed by atoms with E-state index in [0.717, 1.165) is 0 Å². The Bertz CT molecular complexity index is 368. The molecule has 0 radical (unpaired) electrons. The lowest BCUT2D eigenvalue weighted by Gasteiger charge is -2.17. The van der Waals surface area contributed by atoms with Gasteiger partial charge in [-0.05, 0) is 18.9 Å². The summed E-state index contributed by atoms with van der Waals surface area (Å²) in [6.07, 6.45) is 0.267. The van der Waals surface area contributed by atoms with Gasteiger partial charge in [-0.15, -0.1) is 0 Å². The Kier molecular flexibility index (Phi) is 3.87. The molecule has 0 saturated carbocycles. The lowest BCUT2D eigenvalue weighted by Crippen LogP contribution is -2.29. The average molecular weight is 234 g/mol. The molecule has 0 aromatic carbocycles. The molecule has 0 fully saturated rings. The first-order valence-electron chi connectivity index (χ1n) is 4.70. The van der Waals surface area contributed by atoms with Gasteiger partial charge in [0.25, 0.3) is 0 Å². The summed E-state index contributed by atoms with van der Waals surface area (Å²) in [6.45, 7) is 1.84. The fourth-order valence-electron chi connectivity index (χ4n) is 1.31. The van der Waals surface area contributed by atoms with Crippen molar-refractivity contribution in [2.24, 2.45) is 0 Å². The Balaban J connectivity index is 2.66. The summed E-state index contributed by atoms with van der Waals surface area (Å²) >= 11 is 0. The van der Waals surface area contributed by atoms with Gasteiger partial charge in [-0.1, -0.05) is 6.08 Å². The molecule has 1 heterocycles. The van der Waals surface area contributed by atoms with Gasteiger partial charge in [0.1, 0.15) is 0 Å². The maximum atomic E-state index is 11.1. The third-order valence-corrected chi connectivity index (χ3v) is 3.66. The third-order valence-electron chi connectivity index (χ3n) is 2.16. The number of esters is 1. The second-order valence-corrected chi connectivity index (χ2v) is 5.53. The molecule has 1 unspecified atom stereocenters. The van der Waals surface area contributed by atoms with E-state index in [4.69, 9.17) is 0 Å². The van der Waals surface area contributed by atoms with Crippen LogP contribution in [0.4, 0.5) is 0 Å². The van der Waals surface area contributed by atoms with E-state index in [1.165, 1.54) is 6.08 Å². The Hall–Kier alpha value is -0.880. The fourth-order valence-corrected chi connectivity index (χ4v) is 2.50. The molecular weight excluding hydrogens is 220 g/mol. The molecule has 86 valence electrons. The van der Waals surface area contributed by atoms with Crippen molar-refractivity contribution in [1.29, 1.82) is 0 Å². The quantitative estimate of drug-likeness (QED) is 0.533. The molecule has 0 amide bonds. The second-order valence-electron chi connectivity index (χ2n) is 3.30. The minimum absolute atomic E-state index is 0.0186. The molecule has 0 aliphatic carbocycles. The zero-order chi connectivity index (χ0) is 11.5. The van der Waals surface area contributed by atoms with Crippen molar-refractivity contribution in [1.82, 2.24) is 0 Å². The zero-order valence-electron chi connectivity index (χ0n) is 8.47. The maximum absolute atomic E-state index is 11.1. The van der Waals surface area contributed by atoms with Crippen LogP contribution in [0.5, 0.6) is 0 Å². The molecule has 1 rings (SSSR count). The van der Waals surface area contributed by atoms with E-state index >= 15 is 0 Å². The van der Waals surface area contributed by atoms with Gasteiger partial charge < -0.3 is 9.84 Å². The highest BCUT2D eigenvalue weighted by Gasteiger charge is 2.26. The molecule has 1 aliphatic heterocycles. The summed E-state index contributed by atoms with van der Waals surface area (Å²) in [6, 6.07) is 0. The molecule has 1 N–H and O–H groups in total. The van der Waals surface area contributed by atoms with Gasteiger partial charge >= 0.3 is 5.97 Å². The van der Waals surface area contributed by atoms with Crippen LogP contribution < -0.4 is 0 Å². The normalized spacial score (nSPS) is 21.6. The van der Waals surface area contributed by atoms with Crippen LogP contribution in [0.2, 0.25) is 0 Å². The molecule has 0 spiro atoms. The van der Waals surface area contributed by atoms with E-state index in [9.17, 15) is 18.3 Å². The largest absolute Gasteiger partial charge is 0.464 e. The summed E-state index contributed by atoms with van der Waals surface area (Å²) in [4.78, 5) is 11.1. The van der Waals surface area contributed by atoms with Crippen molar-refractivity contribution >= 4 is 15.8 Å². The summed E-state index contributed by atoms with van der Waals surface area (Å²) in [5.41, 5.74) is 0.434. The molecule has 0 saturated heterocycles. The Morgan fingerprint density at radius 1 is 1.67 bits per heavy atom. The van der Waals surface area contributed by atoms with Crippen molar-refractivity contribution < 1.29 is 23.1 Å². The Morgan fingerprint density at radius 2 is 2.33 bits per heavy atom. The highest BCUT2D eigenvalue weighted by molar-refractivity contribution is 7.91. The van der Waals surface area contributed by atoms with Crippen LogP contribution in [0.1, 0.15) is 13.3 Å². The Morgan fingerprint density at radius 3 is 2.80 bits per heavy atom. The number of hydrogen-bond donors (Lipinski definition) is 1. The van der Waals surface area contributed by atoms with Crippen LogP contribution in [0.3, 0.4) is 0 Å². The van der Waals surface area contributed by atoms with E-state index in [2.05, 4.69) is 4.74 Å². The second kappa shape index (κ2) is 4.76. The van der Waals surface area contributed by atoms with Crippen LogP contribution in [0, 0.1) is 0 Å². The minimum Gasteiger partial charge on any atom is -0.464 e. The van der Waals surface area contributed by atoms with Crippen LogP contribution >= 0.6 is 0 Å². The standard InChI is InChI=1S/C9H14O5S/c1-2-14-9(11)8(10)7-3-5-15(12,13)6-4-7/h3,8,10H,2,4-6H2,1H3. The number of ether oxygens (including phenoxy) is 1. The first-order chi connectivity index (χ1) is 6.96. The fraction of sp³-hybridized carbons (Fsp3) is 0.667. The van der Waals surface area contributed by atoms with Gasteiger partial charge in [0.15, 0.2) is 15.9 Å². The summed E-state index contributed by atoms with van der Waals surface area (Å²) in [5, 5.41) is 9.51. The molecule has 1 aliphatic rings. The van der Waals surface area contributed by atoms with E-state index in [1.54, 1.807) is 6.92 Å². The summed E-state index contributed by atoms with van der Waals surface area (Å²) in [7, 11) is -3.03. The SMILES string of the molecule is CCOC(=O)C(O)C1=CCS(=O)(=O)CC1. The van der Waals surface area contributed by atoms with Crippen molar-refractivity contribution in [3.63, 3.8) is 0 Å². The lowest BCUT2D eigenvalue weighted by molar-refractivity contribution is -0.150. The van der Waals surface area contributed by atoms with E-state index in [1.807, 2.05) is 0 Å². The Labute approximate surface area is 88.7 Å². The summed E-state index contributed by atoms with van der Waals surface area (Å²) < 4.78 is 26.8. The lowest BCUT2D eigenvalue weighted by atomic mass is 10.1. The number of carbonyl (C=O) groups is 1. The monoisotopic (exact) mass is 234 g/mol. The number of hydrogen-bond acceptors (Lipinski definition) is 5. The van der Waals surface area contributed by atoms with E-state index < -0.39 is 21.9 Å². The molecule has 1 atom stereocenters. The smallest absolute Gasteiger partial charge is 0.339 e. The molecule has 0 aromatic heterocycles.